The molecule has 0 radical (unpaired) electrons. The molecule has 1 aliphatic heterocycles. The quantitative estimate of drug-likeness (QED) is 0.654. The van der Waals surface area contributed by atoms with Crippen LogP contribution in [0, 0.1) is 0 Å². The molecule has 0 bridgehead atoms. The standard InChI is InChI=1S/C19H27N5O3/c25-18(20-9-11-23-12-14-27-15-13-23)8-2-1-5-10-24-19(26)16-6-3-4-7-17(16)21-22-24/h3-4,6-7H,1-2,5,8-15H2,(H,20,25). The van der Waals surface area contributed by atoms with Crippen LogP contribution in [0.25, 0.3) is 10.9 Å². The Labute approximate surface area is 158 Å². The molecule has 0 saturated carbocycles. The minimum Gasteiger partial charge on any atom is -0.379 e. The fourth-order valence-corrected chi connectivity index (χ4v) is 3.16. The number of amides is 1. The number of morpholine rings is 1. The summed E-state index contributed by atoms with van der Waals surface area (Å²) < 4.78 is 6.71. The van der Waals surface area contributed by atoms with Crippen LogP contribution in [-0.2, 0) is 16.1 Å². The zero-order valence-electron chi connectivity index (χ0n) is 15.6. The lowest BCUT2D eigenvalue weighted by molar-refractivity contribution is -0.121. The molecule has 0 spiro atoms. The third-order valence-electron chi connectivity index (χ3n) is 4.76. The summed E-state index contributed by atoms with van der Waals surface area (Å²) in [5.74, 6) is 0.0888. The van der Waals surface area contributed by atoms with Crippen LogP contribution in [0.5, 0.6) is 0 Å². The Balaban J connectivity index is 1.30. The number of aromatic nitrogens is 3. The number of rotatable bonds is 9. The molecule has 2 heterocycles. The van der Waals surface area contributed by atoms with Crippen LogP contribution in [-0.4, -0.2) is 65.2 Å². The highest BCUT2D eigenvalue weighted by Gasteiger charge is 2.10. The molecular formula is C19H27N5O3. The Morgan fingerprint density at radius 2 is 1.93 bits per heavy atom. The lowest BCUT2D eigenvalue weighted by Gasteiger charge is -2.26. The minimum atomic E-state index is -0.110. The number of aryl methyl sites for hydroxylation is 1. The first-order chi connectivity index (χ1) is 13.2. The predicted molar refractivity (Wildman–Crippen MR) is 103 cm³/mol. The smallest absolute Gasteiger partial charge is 0.277 e. The second-order valence-corrected chi connectivity index (χ2v) is 6.75. The number of benzene rings is 1. The van der Waals surface area contributed by atoms with Crippen molar-refractivity contribution in [2.24, 2.45) is 0 Å². The second-order valence-electron chi connectivity index (χ2n) is 6.75. The summed E-state index contributed by atoms with van der Waals surface area (Å²) in [6, 6.07) is 7.22. The Bertz CT molecular complexity index is 801. The molecule has 1 N–H and O–H groups in total. The van der Waals surface area contributed by atoms with Crippen molar-refractivity contribution < 1.29 is 9.53 Å². The number of hydrogen-bond donors (Lipinski definition) is 1. The van der Waals surface area contributed by atoms with Gasteiger partial charge >= 0.3 is 0 Å². The molecule has 0 atom stereocenters. The average Bonchev–Trinajstić information content (AvgIpc) is 2.70. The zero-order chi connectivity index (χ0) is 18.9. The van der Waals surface area contributed by atoms with Crippen LogP contribution in [0.4, 0.5) is 0 Å². The van der Waals surface area contributed by atoms with Gasteiger partial charge in [0, 0.05) is 39.1 Å². The molecule has 1 aromatic heterocycles. The van der Waals surface area contributed by atoms with E-state index in [-0.39, 0.29) is 11.5 Å². The molecule has 0 aliphatic carbocycles. The van der Waals surface area contributed by atoms with Gasteiger partial charge in [0.25, 0.3) is 5.56 Å². The maximum atomic E-state index is 12.3. The summed E-state index contributed by atoms with van der Waals surface area (Å²) >= 11 is 0. The monoisotopic (exact) mass is 373 g/mol. The van der Waals surface area contributed by atoms with E-state index in [2.05, 4.69) is 20.5 Å². The largest absolute Gasteiger partial charge is 0.379 e. The Morgan fingerprint density at radius 1 is 1.11 bits per heavy atom. The highest BCUT2D eigenvalue weighted by atomic mass is 16.5. The number of fused-ring (bicyclic) bond motifs is 1. The van der Waals surface area contributed by atoms with Gasteiger partial charge < -0.3 is 10.1 Å². The average molecular weight is 373 g/mol. The third-order valence-corrected chi connectivity index (χ3v) is 4.76. The first kappa shape index (κ1) is 19.4. The molecular weight excluding hydrogens is 346 g/mol. The van der Waals surface area contributed by atoms with Crippen molar-refractivity contribution in [3.05, 3.63) is 34.6 Å². The molecule has 0 unspecified atom stereocenters. The van der Waals surface area contributed by atoms with Crippen molar-refractivity contribution >= 4 is 16.8 Å². The summed E-state index contributed by atoms with van der Waals surface area (Å²) in [6.45, 7) is 5.51. The van der Waals surface area contributed by atoms with E-state index < -0.39 is 0 Å². The molecule has 2 aromatic rings. The van der Waals surface area contributed by atoms with E-state index in [1.54, 1.807) is 12.1 Å². The number of ether oxygens (including phenoxy) is 1. The van der Waals surface area contributed by atoms with Gasteiger partial charge in [-0.25, -0.2) is 4.68 Å². The van der Waals surface area contributed by atoms with Crippen LogP contribution >= 0.6 is 0 Å². The molecule has 1 aliphatic rings. The summed E-state index contributed by atoms with van der Waals surface area (Å²) in [4.78, 5) is 26.5. The lowest BCUT2D eigenvalue weighted by atomic mass is 10.2. The van der Waals surface area contributed by atoms with E-state index in [0.29, 0.717) is 30.4 Å². The number of carbonyl (C=O) groups excluding carboxylic acids is 1. The van der Waals surface area contributed by atoms with E-state index in [4.69, 9.17) is 4.74 Å². The van der Waals surface area contributed by atoms with Crippen LogP contribution in [0.1, 0.15) is 25.7 Å². The van der Waals surface area contributed by atoms with Crippen LogP contribution < -0.4 is 10.9 Å². The fraction of sp³-hybridized carbons (Fsp3) is 0.579. The lowest BCUT2D eigenvalue weighted by Crippen LogP contribution is -2.41. The van der Waals surface area contributed by atoms with Crippen LogP contribution in [0.15, 0.2) is 29.1 Å². The van der Waals surface area contributed by atoms with Gasteiger partial charge in [0.15, 0.2) is 0 Å². The summed E-state index contributed by atoms with van der Waals surface area (Å²) in [6.07, 6.45) is 2.99. The van der Waals surface area contributed by atoms with Gasteiger partial charge in [-0.3, -0.25) is 14.5 Å². The Kier molecular flexibility index (Phi) is 7.29. The van der Waals surface area contributed by atoms with Crippen molar-refractivity contribution in [3.63, 3.8) is 0 Å². The van der Waals surface area contributed by atoms with Crippen LogP contribution in [0.3, 0.4) is 0 Å². The number of nitrogens with one attached hydrogen (secondary N) is 1. The Morgan fingerprint density at radius 3 is 2.78 bits per heavy atom. The maximum Gasteiger partial charge on any atom is 0.277 e. The van der Waals surface area contributed by atoms with Crippen LogP contribution in [0.2, 0.25) is 0 Å². The number of carbonyl (C=O) groups is 1. The van der Waals surface area contributed by atoms with Gasteiger partial charge in [-0.05, 0) is 25.0 Å². The highest BCUT2D eigenvalue weighted by molar-refractivity contribution is 5.76. The van der Waals surface area contributed by atoms with Gasteiger partial charge in [-0.15, -0.1) is 5.10 Å². The normalized spacial score (nSPS) is 15.1. The molecule has 8 heteroatoms. The maximum absolute atomic E-state index is 12.3. The first-order valence-corrected chi connectivity index (χ1v) is 9.63. The van der Waals surface area contributed by atoms with Gasteiger partial charge in [0.2, 0.25) is 5.91 Å². The van der Waals surface area contributed by atoms with Gasteiger partial charge in [0.05, 0.1) is 18.6 Å². The molecule has 27 heavy (non-hydrogen) atoms. The summed E-state index contributed by atoms with van der Waals surface area (Å²) in [5, 5.41) is 11.6. The van der Waals surface area contributed by atoms with E-state index in [1.807, 2.05) is 12.1 Å². The zero-order valence-corrected chi connectivity index (χ0v) is 15.6. The summed E-state index contributed by atoms with van der Waals surface area (Å²) in [5.41, 5.74) is 0.508. The van der Waals surface area contributed by atoms with E-state index in [9.17, 15) is 9.59 Å². The molecule has 3 rings (SSSR count). The summed E-state index contributed by atoms with van der Waals surface area (Å²) in [7, 11) is 0. The molecule has 1 aromatic carbocycles. The van der Waals surface area contributed by atoms with E-state index in [1.165, 1.54) is 4.68 Å². The molecule has 1 fully saturated rings. The topological polar surface area (TPSA) is 89.3 Å². The first-order valence-electron chi connectivity index (χ1n) is 9.63. The fourth-order valence-electron chi connectivity index (χ4n) is 3.16. The molecule has 1 saturated heterocycles. The predicted octanol–water partition coefficient (Wildman–Crippen LogP) is 0.800. The number of nitrogens with zero attached hydrogens (tertiary/aromatic N) is 4. The number of hydrogen-bond acceptors (Lipinski definition) is 6. The van der Waals surface area contributed by atoms with Crippen molar-refractivity contribution in [3.8, 4) is 0 Å². The minimum absolute atomic E-state index is 0.0888. The highest BCUT2D eigenvalue weighted by Crippen LogP contribution is 2.05. The van der Waals surface area contributed by atoms with Gasteiger partial charge in [-0.2, -0.15) is 0 Å². The molecule has 8 nitrogen and oxygen atoms in total. The Hall–Kier alpha value is -2.32. The second kappa shape index (κ2) is 10.1. The SMILES string of the molecule is O=C(CCCCCn1nnc2ccccc2c1=O)NCCN1CCOCC1. The van der Waals surface area contributed by atoms with Crippen molar-refractivity contribution in [2.75, 3.05) is 39.4 Å². The van der Waals surface area contributed by atoms with Crippen molar-refractivity contribution in [1.82, 2.24) is 25.2 Å². The molecule has 1 amide bonds. The van der Waals surface area contributed by atoms with E-state index >= 15 is 0 Å². The molecule has 146 valence electrons. The van der Waals surface area contributed by atoms with Gasteiger partial charge in [0.1, 0.15) is 5.52 Å². The van der Waals surface area contributed by atoms with Crippen molar-refractivity contribution in [1.29, 1.82) is 0 Å². The third kappa shape index (κ3) is 5.83. The number of unbranched alkanes of at least 4 members (excludes halogenated alkanes) is 2. The van der Waals surface area contributed by atoms with E-state index in [0.717, 1.165) is 52.1 Å². The van der Waals surface area contributed by atoms with Crippen molar-refractivity contribution in [2.45, 2.75) is 32.2 Å². The van der Waals surface area contributed by atoms with Gasteiger partial charge in [-0.1, -0.05) is 23.8 Å².